The van der Waals surface area contributed by atoms with Crippen molar-refractivity contribution >= 4 is 17.4 Å². The Labute approximate surface area is 214 Å². The van der Waals surface area contributed by atoms with Crippen molar-refractivity contribution in [1.82, 2.24) is 4.90 Å². The molecule has 0 radical (unpaired) electrons. The molecule has 37 heavy (non-hydrogen) atoms. The van der Waals surface area contributed by atoms with Crippen LogP contribution in [-0.2, 0) is 22.6 Å². The fourth-order valence-corrected chi connectivity index (χ4v) is 4.84. The highest BCUT2D eigenvalue weighted by atomic mass is 16.5. The van der Waals surface area contributed by atoms with Crippen molar-refractivity contribution in [3.05, 3.63) is 88.5 Å². The number of ketones is 1. The molecule has 190 valence electrons. The van der Waals surface area contributed by atoms with Crippen LogP contribution in [0.3, 0.4) is 0 Å². The largest absolute Gasteiger partial charge is 0.507 e. The van der Waals surface area contributed by atoms with Gasteiger partial charge < -0.3 is 29.0 Å². The molecular formula is C29H27NO7. The number of Topliss-reactive ketones (excluding diaryl/α,β-unsaturated/α-hetero) is 1. The van der Waals surface area contributed by atoms with Crippen LogP contribution in [0.4, 0.5) is 0 Å². The van der Waals surface area contributed by atoms with Gasteiger partial charge >= 0.3 is 0 Å². The predicted octanol–water partition coefficient (Wildman–Crippen LogP) is 4.27. The first-order valence-corrected chi connectivity index (χ1v) is 11.8. The molecule has 0 aliphatic carbocycles. The fraction of sp³-hybridized carbons (Fsp3) is 0.241. The lowest BCUT2D eigenvalue weighted by atomic mass is 9.94. The lowest BCUT2D eigenvalue weighted by molar-refractivity contribution is -0.140. The Hall–Kier alpha value is -4.46. The summed E-state index contributed by atoms with van der Waals surface area (Å²) in [5.41, 5.74) is 2.87. The van der Waals surface area contributed by atoms with E-state index in [2.05, 4.69) is 0 Å². The minimum Gasteiger partial charge on any atom is -0.507 e. The van der Waals surface area contributed by atoms with Crippen LogP contribution < -0.4 is 18.9 Å². The van der Waals surface area contributed by atoms with Gasteiger partial charge in [-0.15, -0.1) is 0 Å². The molecule has 8 nitrogen and oxygen atoms in total. The number of fused-ring (bicyclic) bond motifs is 1. The number of aliphatic hydroxyl groups is 1. The molecule has 1 amide bonds. The molecule has 0 bridgehead atoms. The predicted molar refractivity (Wildman–Crippen MR) is 136 cm³/mol. The van der Waals surface area contributed by atoms with Crippen LogP contribution in [0.1, 0.15) is 28.3 Å². The van der Waals surface area contributed by atoms with E-state index < -0.39 is 17.7 Å². The number of methoxy groups -OCH3 is 3. The summed E-state index contributed by atoms with van der Waals surface area (Å²) in [5, 5.41) is 11.4. The Bertz CT molecular complexity index is 1390. The normalized spacial score (nSPS) is 17.9. The minimum atomic E-state index is -0.802. The van der Waals surface area contributed by atoms with E-state index in [0.29, 0.717) is 41.4 Å². The van der Waals surface area contributed by atoms with Gasteiger partial charge in [-0.1, -0.05) is 18.2 Å². The number of carbonyl (C=O) groups excluding carboxylic acids is 2. The second-order valence-electron chi connectivity index (χ2n) is 8.81. The number of hydrogen-bond acceptors (Lipinski definition) is 7. The van der Waals surface area contributed by atoms with E-state index in [0.717, 1.165) is 16.9 Å². The third-order valence-electron chi connectivity index (χ3n) is 6.74. The molecule has 3 aromatic rings. The first-order valence-electron chi connectivity index (χ1n) is 11.8. The number of likely N-dealkylation sites (tertiary alicyclic amines) is 1. The second-order valence-corrected chi connectivity index (χ2v) is 8.81. The molecule has 5 rings (SSSR count). The van der Waals surface area contributed by atoms with Gasteiger partial charge in [0.2, 0.25) is 0 Å². The topological polar surface area (TPSA) is 94.5 Å². The van der Waals surface area contributed by atoms with Crippen molar-refractivity contribution in [2.75, 3.05) is 27.9 Å². The third kappa shape index (κ3) is 4.35. The van der Waals surface area contributed by atoms with Crippen molar-refractivity contribution in [2.24, 2.45) is 0 Å². The number of nitrogens with zero attached hydrogens (tertiary/aromatic N) is 1. The minimum absolute atomic E-state index is 0.0366. The van der Waals surface area contributed by atoms with Gasteiger partial charge in [0.1, 0.15) is 17.3 Å². The zero-order chi connectivity index (χ0) is 26.1. The molecule has 1 fully saturated rings. The van der Waals surface area contributed by atoms with E-state index in [4.69, 9.17) is 18.9 Å². The SMILES string of the molecule is COc1ccc(C2/C(=C(/O)c3ccc4c(c3)CCO4)C(=O)C(=O)N2Cc2ccc(OC)c(OC)c2)cc1. The van der Waals surface area contributed by atoms with Gasteiger partial charge in [-0.25, -0.2) is 0 Å². The summed E-state index contributed by atoms with van der Waals surface area (Å²) < 4.78 is 21.6. The highest BCUT2D eigenvalue weighted by molar-refractivity contribution is 6.46. The van der Waals surface area contributed by atoms with Gasteiger partial charge in [0.25, 0.3) is 11.7 Å². The van der Waals surface area contributed by atoms with Crippen LogP contribution in [0.5, 0.6) is 23.0 Å². The Morgan fingerprint density at radius 2 is 1.70 bits per heavy atom. The first kappa shape index (κ1) is 24.2. The number of ether oxygens (including phenoxy) is 4. The Balaban J connectivity index is 1.61. The van der Waals surface area contributed by atoms with Crippen molar-refractivity contribution in [1.29, 1.82) is 0 Å². The van der Waals surface area contributed by atoms with Gasteiger partial charge in [0, 0.05) is 18.5 Å². The van der Waals surface area contributed by atoms with Crippen LogP contribution in [0.15, 0.2) is 66.2 Å². The molecule has 2 heterocycles. The maximum Gasteiger partial charge on any atom is 0.295 e. The Kier molecular flexibility index (Phi) is 6.48. The van der Waals surface area contributed by atoms with E-state index in [9.17, 15) is 14.7 Å². The molecule has 3 aromatic carbocycles. The van der Waals surface area contributed by atoms with Crippen LogP contribution in [0, 0.1) is 0 Å². The van der Waals surface area contributed by atoms with Crippen molar-refractivity contribution < 1.29 is 33.6 Å². The van der Waals surface area contributed by atoms with Crippen LogP contribution in [-0.4, -0.2) is 49.6 Å². The van der Waals surface area contributed by atoms with Crippen LogP contribution in [0.25, 0.3) is 5.76 Å². The molecule has 0 aromatic heterocycles. The quantitative estimate of drug-likeness (QED) is 0.294. The average molecular weight is 502 g/mol. The van der Waals surface area contributed by atoms with Crippen molar-refractivity contribution in [2.45, 2.75) is 19.0 Å². The number of benzene rings is 3. The molecule has 1 unspecified atom stereocenters. The maximum atomic E-state index is 13.4. The molecule has 0 spiro atoms. The van der Waals surface area contributed by atoms with E-state index in [-0.39, 0.29) is 17.9 Å². The maximum absolute atomic E-state index is 13.4. The average Bonchev–Trinajstić information content (AvgIpc) is 3.50. The number of carbonyl (C=O) groups is 2. The summed E-state index contributed by atoms with van der Waals surface area (Å²) >= 11 is 0. The summed E-state index contributed by atoms with van der Waals surface area (Å²) in [6.45, 7) is 0.692. The number of hydrogen-bond donors (Lipinski definition) is 1. The zero-order valence-electron chi connectivity index (χ0n) is 20.8. The van der Waals surface area contributed by atoms with Crippen LogP contribution >= 0.6 is 0 Å². The van der Waals surface area contributed by atoms with Crippen molar-refractivity contribution in [3.8, 4) is 23.0 Å². The Morgan fingerprint density at radius 3 is 2.41 bits per heavy atom. The number of aliphatic hydroxyl groups excluding tert-OH is 1. The van der Waals surface area contributed by atoms with Gasteiger partial charge in [-0.05, 0) is 59.2 Å². The molecule has 1 N–H and O–H groups in total. The molecule has 2 aliphatic rings. The van der Waals surface area contributed by atoms with Crippen LogP contribution in [0.2, 0.25) is 0 Å². The second kappa shape index (κ2) is 9.89. The number of rotatable bonds is 7. The van der Waals surface area contributed by atoms with E-state index in [1.165, 1.54) is 12.0 Å². The number of amides is 1. The monoisotopic (exact) mass is 501 g/mol. The van der Waals surface area contributed by atoms with E-state index in [1.807, 2.05) is 12.1 Å². The summed E-state index contributed by atoms with van der Waals surface area (Å²) in [4.78, 5) is 28.2. The lowest BCUT2D eigenvalue weighted by Crippen LogP contribution is -2.29. The molecule has 1 saturated heterocycles. The van der Waals surface area contributed by atoms with Crippen molar-refractivity contribution in [3.63, 3.8) is 0 Å². The summed E-state index contributed by atoms with van der Waals surface area (Å²) in [5.74, 6) is 0.816. The summed E-state index contributed by atoms with van der Waals surface area (Å²) in [6.07, 6.45) is 0.714. The smallest absolute Gasteiger partial charge is 0.295 e. The molecule has 0 saturated carbocycles. The molecule has 1 atom stereocenters. The van der Waals surface area contributed by atoms with Gasteiger partial charge in [0.05, 0.1) is 39.6 Å². The van der Waals surface area contributed by atoms with E-state index in [1.54, 1.807) is 62.8 Å². The lowest BCUT2D eigenvalue weighted by Gasteiger charge is -2.26. The van der Waals surface area contributed by atoms with Gasteiger partial charge in [0.15, 0.2) is 11.5 Å². The molecular weight excluding hydrogens is 474 g/mol. The van der Waals surface area contributed by atoms with Gasteiger partial charge in [-0.2, -0.15) is 0 Å². The standard InChI is InChI=1S/C29H27NO7/c1-34-21-8-5-18(6-9-21)26-25(27(31)20-7-11-22-19(15-20)12-13-37-22)28(32)29(33)30(26)16-17-4-10-23(35-2)24(14-17)36-3/h4-11,14-15,26,31H,12-13,16H2,1-3H3/b27-25-. The first-order chi connectivity index (χ1) is 17.9. The molecule has 8 heteroatoms. The summed E-state index contributed by atoms with van der Waals surface area (Å²) in [6, 6.07) is 16.9. The molecule has 2 aliphatic heterocycles. The highest BCUT2D eigenvalue weighted by Crippen LogP contribution is 2.42. The Morgan fingerprint density at radius 1 is 0.946 bits per heavy atom. The van der Waals surface area contributed by atoms with Gasteiger partial charge in [-0.3, -0.25) is 9.59 Å². The third-order valence-corrected chi connectivity index (χ3v) is 6.74. The zero-order valence-corrected chi connectivity index (χ0v) is 20.8. The van der Waals surface area contributed by atoms with E-state index >= 15 is 0 Å². The fourth-order valence-electron chi connectivity index (χ4n) is 4.84. The summed E-state index contributed by atoms with van der Waals surface area (Å²) in [7, 11) is 4.65. The highest BCUT2D eigenvalue weighted by Gasteiger charge is 2.46.